The summed E-state index contributed by atoms with van der Waals surface area (Å²) in [7, 11) is -3.75. The van der Waals surface area contributed by atoms with E-state index >= 15 is 0 Å². The van der Waals surface area contributed by atoms with Crippen LogP contribution in [0, 0.1) is 5.41 Å². The minimum absolute atomic E-state index is 0.138. The van der Waals surface area contributed by atoms with Gasteiger partial charge in [-0.15, -0.1) is 0 Å². The second-order valence-corrected chi connectivity index (χ2v) is 9.92. The molecule has 0 spiro atoms. The van der Waals surface area contributed by atoms with Gasteiger partial charge in [-0.2, -0.15) is 4.98 Å². The number of hydrogen-bond acceptors (Lipinski definition) is 7. The molecule has 4 rings (SSSR count). The van der Waals surface area contributed by atoms with E-state index in [0.29, 0.717) is 29.9 Å². The predicted octanol–water partition coefficient (Wildman–Crippen LogP) is 3.63. The molecule has 1 aliphatic rings. The normalized spacial score (nSPS) is 15.7. The smallest absolute Gasteiger partial charge is 0.264 e. The van der Waals surface area contributed by atoms with Crippen LogP contribution in [0.1, 0.15) is 36.6 Å². The van der Waals surface area contributed by atoms with Crippen LogP contribution in [0.4, 0.5) is 17.5 Å². The van der Waals surface area contributed by atoms with Gasteiger partial charge in [0.25, 0.3) is 10.0 Å². The minimum atomic E-state index is -3.75. The maximum absolute atomic E-state index is 13.5. The number of para-hydroxylation sites is 1. The molecule has 0 radical (unpaired) electrons. The summed E-state index contributed by atoms with van der Waals surface area (Å²) in [5.74, 6) is 0.601. The Hall–Kier alpha value is -3.46. The number of fused-ring (bicyclic) bond motifs is 1. The third-order valence-corrected chi connectivity index (χ3v) is 7.53. The average molecular weight is 465 g/mol. The van der Waals surface area contributed by atoms with Crippen LogP contribution in [0.25, 0.3) is 0 Å². The van der Waals surface area contributed by atoms with E-state index in [1.165, 1.54) is 10.5 Å². The zero-order valence-electron chi connectivity index (χ0n) is 18.5. The van der Waals surface area contributed by atoms with Crippen LogP contribution in [-0.4, -0.2) is 37.2 Å². The van der Waals surface area contributed by atoms with E-state index < -0.39 is 10.0 Å². The second-order valence-electron chi connectivity index (χ2n) is 8.06. The minimum Gasteiger partial charge on any atom is -0.368 e. The van der Waals surface area contributed by atoms with Crippen molar-refractivity contribution in [1.29, 1.82) is 5.41 Å². The quantitative estimate of drug-likeness (QED) is 0.437. The van der Waals surface area contributed by atoms with Crippen LogP contribution in [-0.2, 0) is 22.9 Å². The number of nitrogen functional groups attached to an aromatic ring is 1. The lowest BCUT2D eigenvalue weighted by Crippen LogP contribution is -2.45. The summed E-state index contributed by atoms with van der Waals surface area (Å²) < 4.78 is 28.5. The summed E-state index contributed by atoms with van der Waals surface area (Å²) in [6.45, 7) is 2.31. The van der Waals surface area contributed by atoms with Crippen molar-refractivity contribution in [3.05, 3.63) is 71.4 Å². The van der Waals surface area contributed by atoms with Gasteiger partial charge in [-0.05, 0) is 43.0 Å². The fourth-order valence-corrected chi connectivity index (χ4v) is 5.69. The van der Waals surface area contributed by atoms with Crippen molar-refractivity contribution in [3.63, 3.8) is 0 Å². The maximum atomic E-state index is 13.5. The number of benzene rings is 2. The molecule has 2 aromatic carbocycles. The second kappa shape index (κ2) is 9.58. The van der Waals surface area contributed by atoms with Gasteiger partial charge in [0.2, 0.25) is 5.95 Å². The molecule has 3 aromatic rings. The van der Waals surface area contributed by atoms with E-state index in [9.17, 15) is 8.42 Å². The van der Waals surface area contributed by atoms with Crippen LogP contribution >= 0.6 is 0 Å². The van der Waals surface area contributed by atoms with E-state index in [2.05, 4.69) is 22.2 Å². The largest absolute Gasteiger partial charge is 0.368 e. The Morgan fingerprint density at radius 2 is 1.88 bits per heavy atom. The summed E-state index contributed by atoms with van der Waals surface area (Å²) in [4.78, 5) is 8.92. The van der Waals surface area contributed by atoms with Crippen molar-refractivity contribution in [2.24, 2.45) is 0 Å². The monoisotopic (exact) mass is 464 g/mol. The lowest BCUT2D eigenvalue weighted by molar-refractivity contribution is 0.580. The molecule has 0 aliphatic carbocycles. The molecule has 1 aliphatic heterocycles. The molecule has 0 amide bonds. The van der Waals surface area contributed by atoms with E-state index in [0.717, 1.165) is 24.1 Å². The zero-order valence-corrected chi connectivity index (χ0v) is 19.3. The average Bonchev–Trinajstić information content (AvgIpc) is 2.82. The molecule has 0 saturated carbocycles. The van der Waals surface area contributed by atoms with E-state index in [4.69, 9.17) is 11.1 Å². The van der Waals surface area contributed by atoms with Crippen molar-refractivity contribution < 1.29 is 8.42 Å². The Bertz CT molecular complexity index is 1250. The Balaban J connectivity index is 1.70. The number of nitrogens with zero attached hydrogens (tertiary/aromatic N) is 3. The van der Waals surface area contributed by atoms with Crippen LogP contribution in [0.5, 0.6) is 0 Å². The zero-order chi connectivity index (χ0) is 23.4. The van der Waals surface area contributed by atoms with Gasteiger partial charge < -0.3 is 16.5 Å². The van der Waals surface area contributed by atoms with Crippen LogP contribution in [0.2, 0.25) is 0 Å². The number of rotatable bonds is 8. The molecule has 33 heavy (non-hydrogen) atoms. The number of sulfonamides is 1. The van der Waals surface area contributed by atoms with Crippen molar-refractivity contribution in [2.45, 2.75) is 43.5 Å². The van der Waals surface area contributed by atoms with Gasteiger partial charge in [0.15, 0.2) is 0 Å². The predicted molar refractivity (Wildman–Crippen MR) is 131 cm³/mol. The molecular weight excluding hydrogens is 436 g/mol. The molecule has 2 heterocycles. The van der Waals surface area contributed by atoms with Gasteiger partial charge in [-0.25, -0.2) is 13.4 Å². The first-order valence-corrected chi connectivity index (χ1v) is 12.5. The fourth-order valence-electron chi connectivity index (χ4n) is 4.12. The fraction of sp³-hybridized carbons (Fsp3) is 0.292. The molecule has 0 fully saturated rings. The first-order valence-electron chi connectivity index (χ1n) is 11.0. The molecule has 1 unspecified atom stereocenters. The van der Waals surface area contributed by atoms with Crippen molar-refractivity contribution in [2.75, 3.05) is 21.9 Å². The number of nitrogens with two attached hydrogens (primary N) is 1. The van der Waals surface area contributed by atoms with E-state index in [1.54, 1.807) is 30.3 Å². The third-order valence-electron chi connectivity index (χ3n) is 5.74. The summed E-state index contributed by atoms with van der Waals surface area (Å²) >= 11 is 0. The van der Waals surface area contributed by atoms with Gasteiger partial charge in [0, 0.05) is 6.21 Å². The number of aromatic nitrogens is 2. The van der Waals surface area contributed by atoms with Gasteiger partial charge in [0.05, 0.1) is 34.4 Å². The van der Waals surface area contributed by atoms with E-state index in [1.807, 2.05) is 24.3 Å². The Labute approximate surface area is 194 Å². The standard InChI is InChI=1S/C24H28N6O2S/c1-2-3-12-21-20(15-25)23(29-24(26)28-21)27-18-14-17-9-7-8-13-22(17)30(16-18)33(31,32)19-10-5-4-6-11-19/h4-11,13,15,18,25H,2-3,12,14,16H2,1H3,(H3,26,27,28,29). The highest BCUT2D eigenvalue weighted by Crippen LogP contribution is 2.33. The van der Waals surface area contributed by atoms with Crippen LogP contribution in [0.3, 0.4) is 0 Å². The van der Waals surface area contributed by atoms with Crippen molar-refractivity contribution in [1.82, 2.24) is 9.97 Å². The summed E-state index contributed by atoms with van der Waals surface area (Å²) in [5.41, 5.74) is 8.89. The first-order chi connectivity index (χ1) is 15.9. The molecular formula is C24H28N6O2S. The molecule has 172 valence electrons. The lowest BCUT2D eigenvalue weighted by atomic mass is 9.99. The Morgan fingerprint density at radius 3 is 2.61 bits per heavy atom. The van der Waals surface area contributed by atoms with Crippen LogP contribution < -0.4 is 15.4 Å². The summed E-state index contributed by atoms with van der Waals surface area (Å²) in [6, 6.07) is 15.7. The van der Waals surface area contributed by atoms with Crippen molar-refractivity contribution in [3.8, 4) is 0 Å². The third kappa shape index (κ3) is 4.68. The highest BCUT2D eigenvalue weighted by molar-refractivity contribution is 7.92. The van der Waals surface area contributed by atoms with Gasteiger partial charge in [-0.3, -0.25) is 4.31 Å². The number of anilines is 3. The molecule has 0 saturated heterocycles. The molecule has 4 N–H and O–H groups in total. The summed E-state index contributed by atoms with van der Waals surface area (Å²) in [5, 5.41) is 11.3. The Kier molecular flexibility index (Phi) is 6.60. The van der Waals surface area contributed by atoms with Crippen molar-refractivity contribution >= 4 is 33.7 Å². The van der Waals surface area contributed by atoms with E-state index in [-0.39, 0.29) is 23.4 Å². The molecule has 1 atom stereocenters. The highest BCUT2D eigenvalue weighted by Gasteiger charge is 2.33. The topological polar surface area (TPSA) is 125 Å². The lowest BCUT2D eigenvalue weighted by Gasteiger charge is -2.36. The highest BCUT2D eigenvalue weighted by atomic mass is 32.2. The van der Waals surface area contributed by atoms with Gasteiger partial charge >= 0.3 is 0 Å². The molecule has 1 aromatic heterocycles. The van der Waals surface area contributed by atoms with Gasteiger partial charge in [0.1, 0.15) is 5.82 Å². The number of unbranched alkanes of at least 4 members (excludes halogenated alkanes) is 1. The van der Waals surface area contributed by atoms with Crippen LogP contribution in [0.15, 0.2) is 59.5 Å². The number of nitrogens with one attached hydrogen (secondary N) is 2. The molecule has 8 nitrogen and oxygen atoms in total. The van der Waals surface area contributed by atoms with Gasteiger partial charge in [-0.1, -0.05) is 49.7 Å². The molecule has 0 bridgehead atoms. The molecule has 9 heteroatoms. The Morgan fingerprint density at radius 1 is 1.15 bits per heavy atom. The SMILES string of the molecule is CCCCc1nc(N)nc(NC2Cc3ccccc3N(S(=O)(=O)c3ccccc3)C2)c1C=N. The number of aryl methyl sites for hydroxylation is 1. The first kappa shape index (κ1) is 22.7. The summed E-state index contributed by atoms with van der Waals surface area (Å²) in [6.07, 6.45) is 4.47. The maximum Gasteiger partial charge on any atom is 0.264 e. The number of hydrogen-bond donors (Lipinski definition) is 3.